The van der Waals surface area contributed by atoms with E-state index in [2.05, 4.69) is 15.5 Å². The average molecular weight is 343 g/mol. The lowest BCUT2D eigenvalue weighted by molar-refractivity contribution is -0.115. The van der Waals surface area contributed by atoms with Crippen LogP contribution in [0.1, 0.15) is 26.8 Å². The molecule has 1 atom stereocenters. The lowest BCUT2D eigenvalue weighted by atomic mass is 10.3. The second-order valence-electron chi connectivity index (χ2n) is 4.99. The number of nitrogens with one attached hydrogen (secondary N) is 1. The molecule has 1 amide bonds. The molecule has 0 saturated carbocycles. The minimum atomic E-state index is -0.566. The Balaban J connectivity index is 2.04. The molecule has 22 heavy (non-hydrogen) atoms. The maximum absolute atomic E-state index is 13.7. The molecule has 1 aromatic heterocycles. The van der Waals surface area contributed by atoms with Crippen molar-refractivity contribution in [1.29, 1.82) is 0 Å². The molecule has 0 aliphatic carbocycles. The Morgan fingerprint density at radius 2 is 2.14 bits per heavy atom. The third-order valence-electron chi connectivity index (χ3n) is 2.94. The summed E-state index contributed by atoms with van der Waals surface area (Å²) < 4.78 is 15.6. The molecule has 0 aliphatic rings. The highest BCUT2D eigenvalue weighted by atomic mass is 35.5. The van der Waals surface area contributed by atoms with E-state index in [1.807, 2.05) is 18.4 Å². The number of carbonyl (C=O) groups excluding carboxylic acids is 1. The maximum Gasteiger partial charge on any atom is 0.237 e. The van der Waals surface area contributed by atoms with Crippen molar-refractivity contribution in [1.82, 2.24) is 14.8 Å². The Labute approximate surface area is 137 Å². The van der Waals surface area contributed by atoms with Crippen molar-refractivity contribution < 1.29 is 9.18 Å². The molecule has 8 heteroatoms. The SMILES string of the molecule is CC(Sc1nncn1C(C)C)C(=O)Nc1ccc(Cl)cc1F. The van der Waals surface area contributed by atoms with Crippen LogP contribution in [0, 0.1) is 5.82 Å². The number of rotatable bonds is 5. The van der Waals surface area contributed by atoms with Crippen LogP contribution in [0.4, 0.5) is 10.1 Å². The van der Waals surface area contributed by atoms with Gasteiger partial charge in [0.05, 0.1) is 10.9 Å². The summed E-state index contributed by atoms with van der Waals surface area (Å²) in [5.74, 6) is -0.882. The summed E-state index contributed by atoms with van der Waals surface area (Å²) in [6.45, 7) is 5.73. The highest BCUT2D eigenvalue weighted by Crippen LogP contribution is 2.25. The van der Waals surface area contributed by atoms with E-state index in [1.165, 1.54) is 23.9 Å². The maximum atomic E-state index is 13.7. The monoisotopic (exact) mass is 342 g/mol. The molecule has 1 N–H and O–H groups in total. The summed E-state index contributed by atoms with van der Waals surface area (Å²) in [6, 6.07) is 4.31. The van der Waals surface area contributed by atoms with E-state index < -0.39 is 11.1 Å². The van der Waals surface area contributed by atoms with Gasteiger partial charge in [0, 0.05) is 11.1 Å². The summed E-state index contributed by atoms with van der Waals surface area (Å²) >= 11 is 6.95. The topological polar surface area (TPSA) is 59.8 Å². The second kappa shape index (κ2) is 7.11. The molecule has 1 aromatic carbocycles. The molecule has 0 saturated heterocycles. The Morgan fingerprint density at radius 1 is 1.41 bits per heavy atom. The summed E-state index contributed by atoms with van der Waals surface area (Å²) in [4.78, 5) is 12.2. The number of hydrogen-bond acceptors (Lipinski definition) is 4. The van der Waals surface area contributed by atoms with Crippen molar-refractivity contribution in [2.45, 2.75) is 37.2 Å². The molecule has 2 aromatic rings. The van der Waals surface area contributed by atoms with E-state index >= 15 is 0 Å². The summed E-state index contributed by atoms with van der Waals surface area (Å²) in [5, 5.41) is 10.9. The van der Waals surface area contributed by atoms with Crippen LogP contribution in [-0.2, 0) is 4.79 Å². The van der Waals surface area contributed by atoms with Gasteiger partial charge in [-0.1, -0.05) is 23.4 Å². The molecular formula is C14H16ClFN4OS. The van der Waals surface area contributed by atoms with Crippen LogP contribution in [0.15, 0.2) is 29.7 Å². The lowest BCUT2D eigenvalue weighted by Crippen LogP contribution is -2.23. The number of hydrogen-bond donors (Lipinski definition) is 1. The fraction of sp³-hybridized carbons (Fsp3) is 0.357. The first-order chi connectivity index (χ1) is 10.4. The van der Waals surface area contributed by atoms with Crippen LogP contribution < -0.4 is 5.32 Å². The van der Waals surface area contributed by atoms with Gasteiger partial charge < -0.3 is 9.88 Å². The number of anilines is 1. The number of benzene rings is 1. The van der Waals surface area contributed by atoms with Crippen LogP contribution in [0.25, 0.3) is 0 Å². The van der Waals surface area contributed by atoms with E-state index in [9.17, 15) is 9.18 Å². The zero-order chi connectivity index (χ0) is 16.3. The van der Waals surface area contributed by atoms with E-state index in [4.69, 9.17) is 11.6 Å². The van der Waals surface area contributed by atoms with Crippen LogP contribution in [0.5, 0.6) is 0 Å². The quantitative estimate of drug-likeness (QED) is 0.840. The van der Waals surface area contributed by atoms with Gasteiger partial charge in [-0.2, -0.15) is 0 Å². The van der Waals surface area contributed by atoms with Crippen molar-refractivity contribution >= 4 is 35.0 Å². The van der Waals surface area contributed by atoms with Gasteiger partial charge in [0.2, 0.25) is 5.91 Å². The van der Waals surface area contributed by atoms with Gasteiger partial charge >= 0.3 is 0 Å². The largest absolute Gasteiger partial charge is 0.323 e. The number of amides is 1. The Kier molecular flexibility index (Phi) is 5.42. The minimum absolute atomic E-state index is 0.104. The molecule has 2 rings (SSSR count). The molecule has 0 fully saturated rings. The highest BCUT2D eigenvalue weighted by molar-refractivity contribution is 8.00. The molecule has 0 bridgehead atoms. The molecule has 0 radical (unpaired) electrons. The fourth-order valence-electron chi connectivity index (χ4n) is 1.71. The van der Waals surface area contributed by atoms with Crippen LogP contribution in [0.3, 0.4) is 0 Å². The van der Waals surface area contributed by atoms with E-state index in [0.717, 1.165) is 6.07 Å². The lowest BCUT2D eigenvalue weighted by Gasteiger charge is -2.14. The summed E-state index contributed by atoms with van der Waals surface area (Å²) in [6.07, 6.45) is 1.62. The number of halogens is 2. The van der Waals surface area contributed by atoms with Gasteiger partial charge in [0.25, 0.3) is 0 Å². The Hall–Kier alpha value is -1.60. The van der Waals surface area contributed by atoms with Gasteiger partial charge in [0.1, 0.15) is 12.1 Å². The number of thioether (sulfide) groups is 1. The normalized spacial score (nSPS) is 12.5. The third-order valence-corrected chi connectivity index (χ3v) is 4.24. The van der Waals surface area contributed by atoms with Crippen molar-refractivity contribution in [3.05, 3.63) is 35.4 Å². The smallest absolute Gasteiger partial charge is 0.237 e. The van der Waals surface area contributed by atoms with Crippen LogP contribution in [0.2, 0.25) is 5.02 Å². The van der Waals surface area contributed by atoms with Crippen molar-refractivity contribution in [3.63, 3.8) is 0 Å². The predicted molar refractivity (Wildman–Crippen MR) is 85.8 cm³/mol. The molecular weight excluding hydrogens is 327 g/mol. The van der Waals surface area contributed by atoms with Gasteiger partial charge in [-0.05, 0) is 39.0 Å². The highest BCUT2D eigenvalue weighted by Gasteiger charge is 2.19. The zero-order valence-electron chi connectivity index (χ0n) is 12.4. The van der Waals surface area contributed by atoms with Crippen molar-refractivity contribution in [2.75, 3.05) is 5.32 Å². The molecule has 1 heterocycles. The third kappa shape index (κ3) is 3.98. The second-order valence-corrected chi connectivity index (χ2v) is 6.73. The standard InChI is InChI=1S/C14H16ClFN4OS/c1-8(2)20-7-17-19-14(20)22-9(3)13(21)18-12-5-4-10(15)6-11(12)16/h4-9H,1-3H3,(H,18,21). The number of aromatic nitrogens is 3. The average Bonchev–Trinajstić information content (AvgIpc) is 2.90. The molecule has 1 unspecified atom stereocenters. The summed E-state index contributed by atoms with van der Waals surface area (Å²) in [5.41, 5.74) is 0.104. The van der Waals surface area contributed by atoms with Crippen LogP contribution in [-0.4, -0.2) is 25.9 Å². The number of nitrogens with zero attached hydrogens (tertiary/aromatic N) is 3. The predicted octanol–water partition coefficient (Wildman–Crippen LogP) is 3.77. The number of carbonyl (C=O) groups is 1. The molecule has 5 nitrogen and oxygen atoms in total. The first kappa shape index (κ1) is 16.8. The van der Waals surface area contributed by atoms with Gasteiger partial charge in [-0.25, -0.2) is 4.39 Å². The molecule has 0 spiro atoms. The fourth-order valence-corrected chi connectivity index (χ4v) is 2.82. The Bertz CT molecular complexity index is 677. The van der Waals surface area contributed by atoms with Gasteiger partial charge in [-0.3, -0.25) is 4.79 Å². The van der Waals surface area contributed by atoms with Crippen LogP contribution >= 0.6 is 23.4 Å². The minimum Gasteiger partial charge on any atom is -0.323 e. The van der Waals surface area contributed by atoms with Crippen molar-refractivity contribution in [3.8, 4) is 0 Å². The van der Waals surface area contributed by atoms with Gasteiger partial charge in [0.15, 0.2) is 5.16 Å². The first-order valence-corrected chi connectivity index (χ1v) is 7.96. The van der Waals surface area contributed by atoms with E-state index in [1.54, 1.807) is 13.3 Å². The Morgan fingerprint density at radius 3 is 2.77 bits per heavy atom. The first-order valence-electron chi connectivity index (χ1n) is 6.70. The van der Waals surface area contributed by atoms with E-state index in [0.29, 0.717) is 5.16 Å². The van der Waals surface area contributed by atoms with Crippen molar-refractivity contribution in [2.24, 2.45) is 0 Å². The van der Waals surface area contributed by atoms with E-state index in [-0.39, 0.29) is 22.7 Å². The zero-order valence-corrected chi connectivity index (χ0v) is 14.0. The summed E-state index contributed by atoms with van der Waals surface area (Å²) in [7, 11) is 0. The molecule has 118 valence electrons. The van der Waals surface area contributed by atoms with Gasteiger partial charge in [-0.15, -0.1) is 10.2 Å². The molecule has 0 aliphatic heterocycles.